The van der Waals surface area contributed by atoms with Crippen LogP contribution in [0.25, 0.3) is 10.8 Å². The van der Waals surface area contributed by atoms with E-state index in [-0.39, 0.29) is 11.2 Å². The summed E-state index contributed by atoms with van der Waals surface area (Å²) in [6.07, 6.45) is 2.34. The van der Waals surface area contributed by atoms with Crippen LogP contribution in [-0.2, 0) is 11.3 Å². The van der Waals surface area contributed by atoms with Crippen LogP contribution >= 0.6 is 12.6 Å². The zero-order chi connectivity index (χ0) is 12.5. The molecule has 0 radical (unpaired) electrons. The molecule has 3 rings (SSSR count). The van der Waals surface area contributed by atoms with Crippen LogP contribution in [0.4, 0.5) is 0 Å². The number of carbonyl (C=O) groups is 1. The number of thiol groups is 1. The maximum Gasteiger partial charge on any atom is 0.224 e. The first kappa shape index (κ1) is 11.5. The molecule has 0 aliphatic carbocycles. The quantitative estimate of drug-likeness (QED) is 0.838. The van der Waals surface area contributed by atoms with Crippen molar-refractivity contribution >= 4 is 29.3 Å². The molecule has 1 saturated heterocycles. The molecule has 2 heterocycles. The van der Waals surface area contributed by atoms with E-state index in [2.05, 4.69) is 29.7 Å². The number of pyridine rings is 1. The molecule has 1 atom stereocenters. The Hall–Kier alpha value is -1.55. The van der Waals surface area contributed by atoms with Crippen molar-refractivity contribution in [2.45, 2.75) is 18.2 Å². The molecule has 0 bridgehead atoms. The largest absolute Gasteiger partial charge is 0.336 e. The normalized spacial score (nSPS) is 19.7. The standard InChI is InChI=1S/C14H14N2OS/c17-14-7-11(18)8-16(14)9-13-12-4-2-1-3-10(12)5-6-15-13/h1-6,11,18H,7-9H2. The molecule has 2 aromatic rings. The van der Waals surface area contributed by atoms with Crippen LogP contribution < -0.4 is 0 Å². The number of fused-ring (bicyclic) bond motifs is 1. The highest BCUT2D eigenvalue weighted by Crippen LogP contribution is 2.22. The van der Waals surface area contributed by atoms with Gasteiger partial charge in [0.2, 0.25) is 5.91 Å². The summed E-state index contributed by atoms with van der Waals surface area (Å²) in [5.41, 5.74) is 0.962. The molecule has 0 saturated carbocycles. The van der Waals surface area contributed by atoms with Crippen LogP contribution in [0.3, 0.4) is 0 Å². The van der Waals surface area contributed by atoms with Gasteiger partial charge in [0.25, 0.3) is 0 Å². The molecule has 4 heteroatoms. The summed E-state index contributed by atoms with van der Waals surface area (Å²) in [6, 6.07) is 10.1. The molecule has 1 fully saturated rings. The van der Waals surface area contributed by atoms with Crippen molar-refractivity contribution in [3.8, 4) is 0 Å². The van der Waals surface area contributed by atoms with Gasteiger partial charge in [0.05, 0.1) is 12.2 Å². The van der Waals surface area contributed by atoms with Gasteiger partial charge in [-0.3, -0.25) is 9.78 Å². The van der Waals surface area contributed by atoms with Crippen molar-refractivity contribution in [2.24, 2.45) is 0 Å². The lowest BCUT2D eigenvalue weighted by atomic mass is 10.1. The Balaban J connectivity index is 1.93. The second kappa shape index (κ2) is 4.61. The third-order valence-electron chi connectivity index (χ3n) is 3.29. The van der Waals surface area contributed by atoms with Crippen LogP contribution in [0.15, 0.2) is 36.5 Å². The first-order valence-corrected chi connectivity index (χ1v) is 6.54. The van der Waals surface area contributed by atoms with Gasteiger partial charge in [-0.15, -0.1) is 0 Å². The van der Waals surface area contributed by atoms with Gasteiger partial charge >= 0.3 is 0 Å². The van der Waals surface area contributed by atoms with Gasteiger partial charge in [0, 0.05) is 29.8 Å². The third-order valence-corrected chi connectivity index (χ3v) is 3.64. The summed E-state index contributed by atoms with van der Waals surface area (Å²) < 4.78 is 0. The van der Waals surface area contributed by atoms with Crippen LogP contribution in [0.1, 0.15) is 12.1 Å². The Morgan fingerprint density at radius 1 is 1.33 bits per heavy atom. The van der Waals surface area contributed by atoms with Crippen molar-refractivity contribution in [3.63, 3.8) is 0 Å². The summed E-state index contributed by atoms with van der Waals surface area (Å²) in [5, 5.41) is 2.44. The van der Waals surface area contributed by atoms with E-state index in [0.29, 0.717) is 19.5 Å². The lowest BCUT2D eigenvalue weighted by Crippen LogP contribution is -2.25. The van der Waals surface area contributed by atoms with Crippen LogP contribution in [0, 0.1) is 0 Å². The Labute approximate surface area is 111 Å². The van der Waals surface area contributed by atoms with Crippen molar-refractivity contribution in [2.75, 3.05) is 6.54 Å². The van der Waals surface area contributed by atoms with Crippen LogP contribution in [0.2, 0.25) is 0 Å². The fraction of sp³-hybridized carbons (Fsp3) is 0.286. The highest BCUT2D eigenvalue weighted by Gasteiger charge is 2.27. The molecule has 1 aromatic heterocycles. The first-order chi connectivity index (χ1) is 8.74. The number of benzene rings is 1. The van der Waals surface area contributed by atoms with Crippen LogP contribution in [-0.4, -0.2) is 27.6 Å². The highest BCUT2D eigenvalue weighted by atomic mass is 32.1. The predicted molar refractivity (Wildman–Crippen MR) is 74.6 cm³/mol. The Morgan fingerprint density at radius 2 is 2.17 bits per heavy atom. The summed E-state index contributed by atoms with van der Waals surface area (Å²) in [6.45, 7) is 1.30. The molecule has 1 amide bonds. The number of rotatable bonds is 2. The minimum absolute atomic E-state index is 0.160. The molecule has 18 heavy (non-hydrogen) atoms. The zero-order valence-corrected chi connectivity index (χ0v) is 10.8. The molecule has 1 aliphatic rings. The minimum Gasteiger partial charge on any atom is -0.336 e. The summed E-state index contributed by atoms with van der Waals surface area (Å²) in [5.74, 6) is 0.171. The minimum atomic E-state index is 0.160. The van der Waals surface area contributed by atoms with Crippen molar-refractivity contribution in [1.29, 1.82) is 0 Å². The maximum absolute atomic E-state index is 11.8. The van der Waals surface area contributed by atoms with Crippen molar-refractivity contribution in [1.82, 2.24) is 9.88 Å². The summed E-state index contributed by atoms with van der Waals surface area (Å²) >= 11 is 4.37. The van der Waals surface area contributed by atoms with Gasteiger partial charge in [-0.25, -0.2) is 0 Å². The van der Waals surface area contributed by atoms with E-state index in [4.69, 9.17) is 0 Å². The van der Waals surface area contributed by atoms with Gasteiger partial charge in [-0.1, -0.05) is 24.3 Å². The molecule has 1 unspecified atom stereocenters. The second-order valence-corrected chi connectivity index (χ2v) is 5.34. The van der Waals surface area contributed by atoms with Gasteiger partial charge in [-0.05, 0) is 11.5 Å². The number of amides is 1. The molecule has 1 aromatic carbocycles. The SMILES string of the molecule is O=C1CC(S)CN1Cc1nccc2ccccc12. The molecular formula is C14H14N2OS. The van der Waals surface area contributed by atoms with E-state index in [0.717, 1.165) is 16.5 Å². The van der Waals surface area contributed by atoms with Gasteiger partial charge < -0.3 is 4.90 Å². The topological polar surface area (TPSA) is 33.2 Å². The number of likely N-dealkylation sites (tertiary alicyclic amines) is 1. The fourth-order valence-electron chi connectivity index (χ4n) is 2.39. The summed E-state index contributed by atoms with van der Waals surface area (Å²) in [4.78, 5) is 18.0. The van der Waals surface area contributed by atoms with Gasteiger partial charge in [0.15, 0.2) is 0 Å². The number of hydrogen-bond acceptors (Lipinski definition) is 3. The average Bonchev–Trinajstić information content (AvgIpc) is 2.68. The second-order valence-electron chi connectivity index (χ2n) is 4.61. The Bertz CT molecular complexity index is 594. The Kier molecular flexibility index (Phi) is 2.96. The summed E-state index contributed by atoms with van der Waals surface area (Å²) in [7, 11) is 0. The molecule has 0 spiro atoms. The predicted octanol–water partition coefficient (Wildman–Crippen LogP) is 2.27. The average molecular weight is 258 g/mol. The first-order valence-electron chi connectivity index (χ1n) is 6.02. The zero-order valence-electron chi connectivity index (χ0n) is 9.91. The highest BCUT2D eigenvalue weighted by molar-refractivity contribution is 7.81. The van der Waals surface area contributed by atoms with E-state index < -0.39 is 0 Å². The van der Waals surface area contributed by atoms with E-state index >= 15 is 0 Å². The van der Waals surface area contributed by atoms with Gasteiger partial charge in [0.1, 0.15) is 0 Å². The van der Waals surface area contributed by atoms with Crippen molar-refractivity contribution < 1.29 is 4.79 Å². The Morgan fingerprint density at radius 3 is 2.94 bits per heavy atom. The smallest absolute Gasteiger partial charge is 0.224 e. The molecule has 1 aliphatic heterocycles. The van der Waals surface area contributed by atoms with E-state index in [1.165, 1.54) is 0 Å². The number of hydrogen-bond donors (Lipinski definition) is 1. The van der Waals surface area contributed by atoms with E-state index in [9.17, 15) is 4.79 Å². The molecule has 0 N–H and O–H groups in total. The molecule has 3 nitrogen and oxygen atoms in total. The molecule has 92 valence electrons. The third kappa shape index (κ3) is 2.08. The number of nitrogens with zero attached hydrogens (tertiary/aromatic N) is 2. The monoisotopic (exact) mass is 258 g/mol. The number of carbonyl (C=O) groups excluding carboxylic acids is 1. The lowest BCUT2D eigenvalue weighted by Gasteiger charge is -2.16. The van der Waals surface area contributed by atoms with E-state index in [1.807, 2.05) is 23.1 Å². The molecular weight excluding hydrogens is 244 g/mol. The maximum atomic E-state index is 11.8. The van der Waals surface area contributed by atoms with Crippen molar-refractivity contribution in [3.05, 3.63) is 42.2 Å². The van der Waals surface area contributed by atoms with Gasteiger partial charge in [-0.2, -0.15) is 12.6 Å². The lowest BCUT2D eigenvalue weighted by molar-refractivity contribution is -0.128. The van der Waals surface area contributed by atoms with Crippen LogP contribution in [0.5, 0.6) is 0 Å². The van der Waals surface area contributed by atoms with E-state index in [1.54, 1.807) is 6.20 Å². The fourth-order valence-corrected chi connectivity index (χ4v) is 2.75. The number of aromatic nitrogens is 1.